The lowest BCUT2D eigenvalue weighted by Gasteiger charge is -2.12. The van der Waals surface area contributed by atoms with Crippen molar-refractivity contribution < 1.29 is 8.42 Å². The van der Waals surface area contributed by atoms with Crippen LogP contribution in [-0.4, -0.2) is 8.42 Å². The molecule has 112 valence electrons. The highest BCUT2D eigenvalue weighted by atomic mass is 79.9. The van der Waals surface area contributed by atoms with E-state index in [1.807, 2.05) is 24.3 Å². The minimum absolute atomic E-state index is 0.189. The lowest BCUT2D eigenvalue weighted by Crippen LogP contribution is -2.13. The summed E-state index contributed by atoms with van der Waals surface area (Å²) in [5.74, 6) is 0. The summed E-state index contributed by atoms with van der Waals surface area (Å²) in [6.07, 6.45) is 0. The van der Waals surface area contributed by atoms with Gasteiger partial charge in [0.15, 0.2) is 0 Å². The Bertz CT molecular complexity index is 957. The molecule has 1 N–H and O–H groups in total. The molecule has 3 aromatic carbocycles. The molecule has 0 unspecified atom stereocenters. The van der Waals surface area contributed by atoms with Crippen LogP contribution in [0.4, 0.5) is 5.69 Å². The van der Waals surface area contributed by atoms with Gasteiger partial charge in [-0.2, -0.15) is 0 Å². The molecule has 0 spiro atoms. The lowest BCUT2D eigenvalue weighted by atomic mass is 10.1. The van der Waals surface area contributed by atoms with Crippen molar-refractivity contribution in [3.8, 4) is 0 Å². The maximum absolute atomic E-state index is 12.6. The van der Waals surface area contributed by atoms with Gasteiger partial charge in [0.05, 0.1) is 5.69 Å². The molecule has 0 bridgehead atoms. The fraction of sp³-hybridized carbons (Fsp3) is 0. The highest BCUT2D eigenvalue weighted by Crippen LogP contribution is 2.32. The molecular formula is C16H11BrClNO2S. The Labute approximate surface area is 142 Å². The van der Waals surface area contributed by atoms with Crippen LogP contribution in [-0.2, 0) is 10.0 Å². The average Bonchev–Trinajstić information content (AvgIpc) is 2.50. The Morgan fingerprint density at radius 3 is 2.23 bits per heavy atom. The van der Waals surface area contributed by atoms with E-state index in [-0.39, 0.29) is 4.90 Å². The Morgan fingerprint density at radius 1 is 0.864 bits per heavy atom. The van der Waals surface area contributed by atoms with Gasteiger partial charge in [-0.25, -0.2) is 8.42 Å². The number of halogens is 2. The molecule has 3 rings (SSSR count). The minimum Gasteiger partial charge on any atom is -0.279 e. The molecule has 0 amide bonds. The van der Waals surface area contributed by atoms with Gasteiger partial charge in [-0.05, 0) is 40.2 Å². The SMILES string of the molecule is O=S(=O)(Nc1ccc(Cl)c2ccccc12)c1ccccc1Br. The van der Waals surface area contributed by atoms with Crippen molar-refractivity contribution >= 4 is 54.0 Å². The third-order valence-corrected chi connectivity index (χ3v) is 5.95. The van der Waals surface area contributed by atoms with E-state index in [0.29, 0.717) is 15.2 Å². The topological polar surface area (TPSA) is 46.2 Å². The van der Waals surface area contributed by atoms with Crippen molar-refractivity contribution in [2.75, 3.05) is 4.72 Å². The van der Waals surface area contributed by atoms with Gasteiger partial charge in [0.2, 0.25) is 0 Å². The van der Waals surface area contributed by atoms with E-state index in [1.54, 1.807) is 36.4 Å². The van der Waals surface area contributed by atoms with Crippen LogP contribution in [0.3, 0.4) is 0 Å². The smallest absolute Gasteiger partial charge is 0.263 e. The lowest BCUT2D eigenvalue weighted by molar-refractivity contribution is 0.601. The maximum Gasteiger partial charge on any atom is 0.263 e. The molecule has 0 heterocycles. The van der Waals surface area contributed by atoms with E-state index >= 15 is 0 Å². The van der Waals surface area contributed by atoms with Crippen LogP contribution in [0.25, 0.3) is 10.8 Å². The zero-order valence-corrected chi connectivity index (χ0v) is 14.4. The summed E-state index contributed by atoms with van der Waals surface area (Å²) >= 11 is 9.42. The fourth-order valence-corrected chi connectivity index (χ4v) is 4.53. The molecule has 0 saturated heterocycles. The van der Waals surface area contributed by atoms with Crippen LogP contribution in [0.2, 0.25) is 5.02 Å². The van der Waals surface area contributed by atoms with Gasteiger partial charge in [0.1, 0.15) is 4.90 Å². The first-order valence-corrected chi connectivity index (χ1v) is 9.09. The molecule has 22 heavy (non-hydrogen) atoms. The normalized spacial score (nSPS) is 11.5. The maximum atomic E-state index is 12.6. The largest absolute Gasteiger partial charge is 0.279 e. The monoisotopic (exact) mass is 395 g/mol. The first kappa shape index (κ1) is 15.3. The van der Waals surface area contributed by atoms with Gasteiger partial charge in [0.25, 0.3) is 10.0 Å². The summed E-state index contributed by atoms with van der Waals surface area (Å²) in [6.45, 7) is 0. The Balaban J connectivity index is 2.11. The number of hydrogen-bond donors (Lipinski definition) is 1. The van der Waals surface area contributed by atoms with Crippen molar-refractivity contribution in [2.24, 2.45) is 0 Å². The first-order chi connectivity index (χ1) is 10.5. The van der Waals surface area contributed by atoms with Crippen LogP contribution in [0.15, 0.2) is 70.0 Å². The second kappa shape index (κ2) is 5.91. The quantitative estimate of drug-likeness (QED) is 0.673. The average molecular weight is 397 g/mol. The van der Waals surface area contributed by atoms with Crippen LogP contribution < -0.4 is 4.72 Å². The highest BCUT2D eigenvalue weighted by Gasteiger charge is 2.18. The van der Waals surface area contributed by atoms with Crippen LogP contribution in [0.1, 0.15) is 0 Å². The summed E-state index contributed by atoms with van der Waals surface area (Å²) in [4.78, 5) is 0.189. The number of nitrogens with one attached hydrogen (secondary N) is 1. The number of sulfonamides is 1. The molecule has 0 aromatic heterocycles. The van der Waals surface area contributed by atoms with E-state index < -0.39 is 10.0 Å². The molecule has 3 aromatic rings. The summed E-state index contributed by atoms with van der Waals surface area (Å²) in [5.41, 5.74) is 0.496. The van der Waals surface area contributed by atoms with Gasteiger partial charge < -0.3 is 0 Å². The number of benzene rings is 3. The Kier molecular flexibility index (Phi) is 4.12. The van der Waals surface area contributed by atoms with Gasteiger partial charge in [-0.15, -0.1) is 0 Å². The summed E-state index contributed by atoms with van der Waals surface area (Å²) in [5, 5.41) is 2.14. The molecule has 0 atom stereocenters. The number of hydrogen-bond acceptors (Lipinski definition) is 2. The van der Waals surface area contributed by atoms with Gasteiger partial charge in [-0.3, -0.25) is 4.72 Å². The predicted molar refractivity (Wildman–Crippen MR) is 93.9 cm³/mol. The fourth-order valence-electron chi connectivity index (χ4n) is 2.21. The Hall–Kier alpha value is -1.56. The third-order valence-electron chi connectivity index (χ3n) is 3.24. The van der Waals surface area contributed by atoms with Gasteiger partial charge in [-0.1, -0.05) is 48.0 Å². The second-order valence-electron chi connectivity index (χ2n) is 4.68. The Morgan fingerprint density at radius 2 is 1.50 bits per heavy atom. The number of anilines is 1. The molecule has 6 heteroatoms. The van der Waals surface area contributed by atoms with Crippen molar-refractivity contribution in [1.29, 1.82) is 0 Å². The minimum atomic E-state index is -3.69. The van der Waals surface area contributed by atoms with Crippen molar-refractivity contribution in [3.05, 3.63) is 70.2 Å². The molecule has 0 aliphatic carbocycles. The number of fused-ring (bicyclic) bond motifs is 1. The molecule has 3 nitrogen and oxygen atoms in total. The van der Waals surface area contributed by atoms with Crippen molar-refractivity contribution in [2.45, 2.75) is 4.90 Å². The zero-order valence-electron chi connectivity index (χ0n) is 11.3. The molecule has 0 saturated carbocycles. The van der Waals surface area contributed by atoms with E-state index in [4.69, 9.17) is 11.6 Å². The van der Waals surface area contributed by atoms with Crippen LogP contribution in [0, 0.1) is 0 Å². The zero-order chi connectivity index (χ0) is 15.7. The van der Waals surface area contributed by atoms with Gasteiger partial charge >= 0.3 is 0 Å². The second-order valence-corrected chi connectivity index (χ2v) is 7.59. The van der Waals surface area contributed by atoms with E-state index in [1.165, 1.54) is 0 Å². The van der Waals surface area contributed by atoms with Crippen LogP contribution in [0.5, 0.6) is 0 Å². The molecular weight excluding hydrogens is 386 g/mol. The van der Waals surface area contributed by atoms with Crippen LogP contribution >= 0.6 is 27.5 Å². The predicted octanol–water partition coefficient (Wildman–Crippen LogP) is 5.06. The van der Waals surface area contributed by atoms with Crippen molar-refractivity contribution in [3.63, 3.8) is 0 Å². The van der Waals surface area contributed by atoms with E-state index in [0.717, 1.165) is 10.8 Å². The van der Waals surface area contributed by atoms with Crippen molar-refractivity contribution in [1.82, 2.24) is 0 Å². The third kappa shape index (κ3) is 2.84. The van der Waals surface area contributed by atoms with E-state index in [9.17, 15) is 8.42 Å². The van der Waals surface area contributed by atoms with E-state index in [2.05, 4.69) is 20.7 Å². The number of rotatable bonds is 3. The summed E-state index contributed by atoms with van der Waals surface area (Å²) in [7, 11) is -3.69. The highest BCUT2D eigenvalue weighted by molar-refractivity contribution is 9.10. The molecule has 0 radical (unpaired) electrons. The first-order valence-electron chi connectivity index (χ1n) is 6.43. The van der Waals surface area contributed by atoms with Gasteiger partial charge in [0, 0.05) is 20.3 Å². The summed E-state index contributed by atoms with van der Waals surface area (Å²) in [6, 6.07) is 17.4. The molecule has 0 fully saturated rings. The molecule has 0 aliphatic heterocycles. The standard InChI is InChI=1S/C16H11BrClNO2S/c17-13-7-3-4-8-16(13)22(20,21)19-15-10-9-14(18)11-5-1-2-6-12(11)15/h1-10,19H. The molecule has 0 aliphatic rings. The summed E-state index contributed by atoms with van der Waals surface area (Å²) < 4.78 is 28.3.